The lowest BCUT2D eigenvalue weighted by Crippen LogP contribution is -2.32. The number of ether oxygens (including phenoxy) is 1. The smallest absolute Gasteiger partial charge is 0.317 e. The normalized spacial score (nSPS) is 15.1. The minimum atomic E-state index is -4.35. The third-order valence-electron chi connectivity index (χ3n) is 6.12. The van der Waals surface area contributed by atoms with E-state index in [0.29, 0.717) is 46.8 Å². The Morgan fingerprint density at radius 3 is 2.12 bits per heavy atom. The number of aliphatic carboxylic acids is 1. The van der Waals surface area contributed by atoms with Gasteiger partial charge in [0.05, 0.1) is 42.3 Å². The summed E-state index contributed by atoms with van der Waals surface area (Å²) in [6.07, 6.45) is 13.3. The first kappa shape index (κ1) is 46.5. The van der Waals surface area contributed by atoms with Gasteiger partial charge in [-0.05, 0) is 81.9 Å². The lowest BCUT2D eigenvalue weighted by molar-refractivity contribution is -0.193. The fraction of sp³-hybridized carbons (Fsp3) is 0.500. The zero-order valence-electron chi connectivity index (χ0n) is 30.0. The van der Waals surface area contributed by atoms with E-state index in [-0.39, 0.29) is 27.8 Å². The van der Waals surface area contributed by atoms with Crippen LogP contribution in [-0.2, 0) is 29.8 Å². The molecule has 2 atom stereocenters. The lowest BCUT2D eigenvalue weighted by Gasteiger charge is -2.19. The molecule has 2 aromatic rings. The highest BCUT2D eigenvalue weighted by atomic mass is 35.5. The second-order valence-corrected chi connectivity index (χ2v) is 16.5. The van der Waals surface area contributed by atoms with Crippen molar-refractivity contribution in [3.05, 3.63) is 39.4 Å². The molecule has 2 aliphatic rings. The van der Waals surface area contributed by atoms with Crippen LogP contribution in [0.15, 0.2) is 23.3 Å². The summed E-state index contributed by atoms with van der Waals surface area (Å²) in [5, 5.41) is 16.2. The van der Waals surface area contributed by atoms with E-state index in [1.165, 1.54) is 6.07 Å². The van der Waals surface area contributed by atoms with Crippen molar-refractivity contribution >= 4 is 77.1 Å². The molecule has 1 aromatic carbocycles. The largest absolute Gasteiger partial charge is 0.778 e. The molecule has 288 valence electrons. The van der Waals surface area contributed by atoms with Gasteiger partial charge in [0.25, 0.3) is 11.8 Å². The quantitative estimate of drug-likeness (QED) is 0.0937. The highest BCUT2D eigenvalue weighted by Crippen LogP contribution is 2.39. The number of benzene rings is 1. The zero-order chi connectivity index (χ0) is 39.8. The zero-order valence-corrected chi connectivity index (χ0v) is 33.2. The first-order chi connectivity index (χ1) is 24.2. The molecular weight excluding hydrogens is 763 g/mol. The average Bonchev–Trinajstić information content (AvgIpc) is 3.26. The fourth-order valence-electron chi connectivity index (χ4n) is 4.18. The molecule has 2 amide bonds. The van der Waals surface area contributed by atoms with E-state index in [0.717, 1.165) is 30.4 Å². The Morgan fingerprint density at radius 1 is 1.12 bits per heavy atom. The van der Waals surface area contributed by atoms with Crippen molar-refractivity contribution in [2.45, 2.75) is 65.5 Å². The Labute approximate surface area is 316 Å². The number of carbonyl (C=O) groups is 3. The predicted octanol–water partition coefficient (Wildman–Crippen LogP) is 4.06. The van der Waals surface area contributed by atoms with Crippen molar-refractivity contribution in [1.29, 1.82) is 0 Å². The van der Waals surface area contributed by atoms with Crippen LogP contribution >= 0.6 is 30.8 Å². The van der Waals surface area contributed by atoms with Gasteiger partial charge in [-0.25, -0.2) is 9.29 Å². The van der Waals surface area contributed by atoms with E-state index in [9.17, 15) is 28.2 Å². The molecule has 1 aliphatic heterocycles. The summed E-state index contributed by atoms with van der Waals surface area (Å²) in [5.74, 6) is 0.627. The molecule has 4 rings (SSSR count). The Kier molecular flexibility index (Phi) is 20.2. The third-order valence-corrected chi connectivity index (χ3v) is 7.21. The van der Waals surface area contributed by atoms with Gasteiger partial charge < -0.3 is 34.8 Å². The summed E-state index contributed by atoms with van der Waals surface area (Å²) in [6, 6.07) is 2.54. The average molecular weight is 809 g/mol. The van der Waals surface area contributed by atoms with Crippen LogP contribution in [0.2, 0.25) is 10.3 Å². The number of aromatic nitrogens is 3. The van der Waals surface area contributed by atoms with Crippen LogP contribution in [0.5, 0.6) is 5.75 Å². The van der Waals surface area contributed by atoms with E-state index < -0.39 is 50.1 Å². The van der Waals surface area contributed by atoms with Crippen molar-refractivity contribution in [3.8, 4) is 18.1 Å². The summed E-state index contributed by atoms with van der Waals surface area (Å²) >= 11 is 11.7. The molecule has 0 bridgehead atoms. The van der Waals surface area contributed by atoms with Crippen LogP contribution in [0.25, 0.3) is 0 Å². The molecule has 1 aromatic heterocycles. The maximum absolute atomic E-state index is 14.4. The molecule has 52 heavy (non-hydrogen) atoms. The van der Waals surface area contributed by atoms with Crippen molar-refractivity contribution in [1.82, 2.24) is 20.3 Å². The molecule has 0 fully saturated rings. The first-order valence-corrected chi connectivity index (χ1v) is 20.8. The Morgan fingerprint density at radius 2 is 1.65 bits per heavy atom. The molecule has 5 N–H and O–H groups in total. The fourth-order valence-corrected chi connectivity index (χ4v) is 4.93. The van der Waals surface area contributed by atoms with E-state index in [1.54, 1.807) is 6.92 Å². The number of hydrogen-bond donors (Lipinski definition) is 5. The van der Waals surface area contributed by atoms with Gasteiger partial charge in [0.1, 0.15) is 19.2 Å². The van der Waals surface area contributed by atoms with Crippen LogP contribution in [-0.4, -0.2) is 93.0 Å². The molecule has 0 saturated carbocycles. The maximum Gasteiger partial charge on any atom is 0.317 e. The number of carboxylic acid groups (broad SMARTS) is 1. The topological polar surface area (TPSA) is 219 Å². The number of nitrogens with one attached hydrogen (secondary N) is 3. The highest BCUT2D eigenvalue weighted by Gasteiger charge is 2.41. The predicted molar refractivity (Wildman–Crippen MR) is 202 cm³/mol. The van der Waals surface area contributed by atoms with Gasteiger partial charge in [-0.1, -0.05) is 17.5 Å². The summed E-state index contributed by atoms with van der Waals surface area (Å²) < 4.78 is 29.8. The number of amides is 2. The first-order valence-electron chi connectivity index (χ1n) is 15.8. The van der Waals surface area contributed by atoms with E-state index in [4.69, 9.17) is 44.4 Å². The Balaban J connectivity index is 0.000000409. The molecule has 20 heteroatoms. The van der Waals surface area contributed by atoms with Crippen molar-refractivity contribution < 1.29 is 43.0 Å². The molecule has 1 aliphatic carbocycles. The summed E-state index contributed by atoms with van der Waals surface area (Å²) in [5.41, 5.74) is 0.808. The molecule has 0 saturated heterocycles. The molecule has 0 radical (unpaired) electrons. The van der Waals surface area contributed by atoms with Crippen molar-refractivity contribution in [3.63, 3.8) is 0 Å². The van der Waals surface area contributed by atoms with Gasteiger partial charge in [0.2, 0.25) is 17.2 Å². The van der Waals surface area contributed by atoms with E-state index >= 15 is 0 Å². The third kappa shape index (κ3) is 16.9. The number of hydrogen-bond acceptors (Lipinski definition) is 12. The van der Waals surface area contributed by atoms with Gasteiger partial charge in [0.15, 0.2) is 6.10 Å². The standard InChI is InChI=1S/C18H15ClFNO3.C8H14ClN5.C3H8NO5P.C3H9S/c1-3-10(2)24-16-9-15(14(20)8-13(16)19)21-17(22)11-6-4-5-7-12(11)18(21)23;1-4-10-7-12-6(9)13-8(14-7)11-5(2)3;5-3(6)1-4-2-10(7,8)9;1-4(2)3/h1,8-10H,4-7H2,2H3;5H,4H2,1-3H3,(H2,10,11,12,13,14);4H,1-2H2,(H,5,6)(H2,7,8,9);1-3H3/q;;;+1/p-1. The van der Waals surface area contributed by atoms with E-state index in [2.05, 4.69) is 50.3 Å². The second kappa shape index (κ2) is 22.5. The van der Waals surface area contributed by atoms with Gasteiger partial charge in [-0.2, -0.15) is 15.0 Å². The number of anilines is 3. The van der Waals surface area contributed by atoms with E-state index in [1.807, 2.05) is 26.1 Å². The van der Waals surface area contributed by atoms with Gasteiger partial charge in [-0.3, -0.25) is 19.7 Å². The highest BCUT2D eigenvalue weighted by molar-refractivity contribution is 7.94. The molecule has 15 nitrogen and oxygen atoms in total. The van der Waals surface area contributed by atoms with Gasteiger partial charge in [0, 0.05) is 29.8 Å². The van der Waals surface area contributed by atoms with Crippen molar-refractivity contribution in [2.24, 2.45) is 0 Å². The molecule has 2 heterocycles. The SMILES string of the molecule is C#CC(C)Oc1cc(N2C(=O)C3=C(CCCC3)C2=O)c(F)cc1Cl.CCNc1nc(Cl)nc(NC(C)C)n1.C[S+](C)C.O=C(O)CNCP(=O)([O-])O. The van der Waals surface area contributed by atoms with Crippen LogP contribution in [0.1, 0.15) is 53.4 Å². The molecule has 2 unspecified atom stereocenters. The summed E-state index contributed by atoms with van der Waals surface area (Å²) in [4.78, 5) is 65.7. The Bertz CT molecular complexity index is 1640. The Hall–Kier alpha value is -3.49. The second-order valence-electron chi connectivity index (χ2n) is 11.7. The van der Waals surface area contributed by atoms with Crippen LogP contribution in [0.4, 0.5) is 22.0 Å². The lowest BCUT2D eigenvalue weighted by atomic mass is 9.93. The number of terminal acetylenes is 1. The number of imide groups is 1. The number of rotatable bonds is 11. The van der Waals surface area contributed by atoms with Crippen LogP contribution < -0.4 is 30.5 Å². The molecule has 0 spiro atoms. The summed E-state index contributed by atoms with van der Waals surface area (Å²) in [7, 11) is -3.71. The monoisotopic (exact) mass is 807 g/mol. The number of carbonyl (C=O) groups excluding carboxylic acids is 2. The number of halogens is 3. The van der Waals surface area contributed by atoms with Crippen LogP contribution in [0, 0.1) is 18.2 Å². The molecular formula is C32H45Cl2FN7O8PS. The minimum Gasteiger partial charge on any atom is -0.778 e. The van der Waals surface area contributed by atoms with Gasteiger partial charge >= 0.3 is 5.97 Å². The number of nitrogens with zero attached hydrogens (tertiary/aromatic N) is 4. The maximum atomic E-state index is 14.4. The minimum absolute atomic E-state index is 0.0233. The van der Waals surface area contributed by atoms with Crippen molar-refractivity contribution in [2.75, 3.05) is 53.7 Å². The summed E-state index contributed by atoms with van der Waals surface area (Å²) in [6.45, 7) is 7.88. The van der Waals surface area contributed by atoms with Crippen LogP contribution in [0.3, 0.4) is 0 Å². The van der Waals surface area contributed by atoms with Gasteiger partial charge in [-0.15, -0.1) is 6.42 Å². The number of carboxylic acids is 1.